The monoisotopic (exact) mass is 305 g/mol. The number of ketones is 2. The molecule has 0 unspecified atom stereocenters. The Morgan fingerprint density at radius 2 is 1.61 bits per heavy atom. The number of H-pyrrole nitrogens is 1. The van der Waals surface area contributed by atoms with Gasteiger partial charge in [-0.25, -0.2) is 0 Å². The Balaban J connectivity index is 1.81. The number of aromatic amines is 1. The number of aryl methyl sites for hydroxylation is 1. The first-order valence-electron chi connectivity index (χ1n) is 7.24. The molecule has 0 radical (unpaired) electrons. The molecule has 23 heavy (non-hydrogen) atoms. The molecule has 3 aromatic rings. The maximum atomic E-state index is 12.4. The predicted molar refractivity (Wildman–Crippen MR) is 86.3 cm³/mol. The molecule has 0 fully saturated rings. The Bertz CT molecular complexity index is 836. The molecule has 0 aliphatic heterocycles. The quantitative estimate of drug-likeness (QED) is 0.580. The number of nitrogens with one attached hydrogen (secondary N) is 1. The van der Waals surface area contributed by atoms with Crippen LogP contribution in [-0.4, -0.2) is 27.0 Å². The Morgan fingerprint density at radius 3 is 2.30 bits per heavy atom. The summed E-state index contributed by atoms with van der Waals surface area (Å²) >= 11 is 0. The maximum Gasteiger partial charge on any atom is 0.193 e. The zero-order valence-corrected chi connectivity index (χ0v) is 12.6. The van der Waals surface area contributed by atoms with Crippen molar-refractivity contribution in [3.8, 4) is 11.3 Å². The van der Waals surface area contributed by atoms with E-state index in [1.54, 1.807) is 12.1 Å². The lowest BCUT2D eigenvalue weighted by Gasteiger charge is -2.02. The van der Waals surface area contributed by atoms with E-state index >= 15 is 0 Å². The molecule has 0 saturated carbocycles. The van der Waals surface area contributed by atoms with Gasteiger partial charge in [-0.3, -0.25) is 9.59 Å². The average molecular weight is 305 g/mol. The first-order chi connectivity index (χ1) is 11.1. The SMILES string of the molecule is Cc1ccc(C(=O)CC(=O)c2n[nH]nc2-c2ccccc2)cc1. The van der Waals surface area contributed by atoms with E-state index < -0.39 is 0 Å². The number of Topliss-reactive ketones (excluding diaryl/α,β-unsaturated/α-hetero) is 2. The first kappa shape index (κ1) is 14.8. The molecule has 0 spiro atoms. The van der Waals surface area contributed by atoms with Gasteiger partial charge in [-0.2, -0.15) is 15.4 Å². The van der Waals surface area contributed by atoms with Crippen LogP contribution in [0.2, 0.25) is 0 Å². The van der Waals surface area contributed by atoms with Crippen molar-refractivity contribution >= 4 is 11.6 Å². The van der Waals surface area contributed by atoms with E-state index in [0.29, 0.717) is 11.3 Å². The lowest BCUT2D eigenvalue weighted by atomic mass is 10.0. The molecule has 0 aliphatic carbocycles. The van der Waals surface area contributed by atoms with Crippen LogP contribution in [0, 0.1) is 6.92 Å². The molecule has 0 atom stereocenters. The molecule has 0 aliphatic rings. The molecule has 0 saturated heterocycles. The number of rotatable bonds is 5. The standard InChI is InChI=1S/C18H15N3O2/c1-12-7-9-13(10-8-12)15(22)11-16(23)18-17(19-21-20-18)14-5-3-2-4-6-14/h2-10H,11H2,1H3,(H,19,20,21). The van der Waals surface area contributed by atoms with Gasteiger partial charge in [0.15, 0.2) is 17.3 Å². The lowest BCUT2D eigenvalue weighted by molar-refractivity contribution is 0.0892. The lowest BCUT2D eigenvalue weighted by Crippen LogP contribution is -2.10. The molecule has 3 rings (SSSR count). The number of hydrogen-bond acceptors (Lipinski definition) is 4. The Hall–Kier alpha value is -3.08. The molecule has 1 aromatic heterocycles. The number of carbonyl (C=O) groups is 2. The smallest absolute Gasteiger partial charge is 0.193 e. The van der Waals surface area contributed by atoms with Crippen molar-refractivity contribution in [1.82, 2.24) is 15.4 Å². The highest BCUT2D eigenvalue weighted by atomic mass is 16.1. The average Bonchev–Trinajstić information content (AvgIpc) is 3.06. The largest absolute Gasteiger partial charge is 0.294 e. The topological polar surface area (TPSA) is 75.7 Å². The fraction of sp³-hybridized carbons (Fsp3) is 0.111. The van der Waals surface area contributed by atoms with Gasteiger partial charge in [0.25, 0.3) is 0 Å². The minimum atomic E-state index is -0.344. The molecule has 1 heterocycles. The molecule has 5 nitrogen and oxygen atoms in total. The molecule has 5 heteroatoms. The van der Waals surface area contributed by atoms with Gasteiger partial charge >= 0.3 is 0 Å². The van der Waals surface area contributed by atoms with Crippen molar-refractivity contribution < 1.29 is 9.59 Å². The van der Waals surface area contributed by atoms with E-state index in [4.69, 9.17) is 0 Å². The number of aromatic nitrogens is 3. The fourth-order valence-electron chi connectivity index (χ4n) is 2.29. The Morgan fingerprint density at radius 1 is 0.913 bits per heavy atom. The summed E-state index contributed by atoms with van der Waals surface area (Å²) in [5.41, 5.74) is 3.03. The second-order valence-electron chi connectivity index (χ2n) is 5.28. The fourth-order valence-corrected chi connectivity index (χ4v) is 2.29. The van der Waals surface area contributed by atoms with Crippen LogP contribution in [0.4, 0.5) is 0 Å². The zero-order valence-electron chi connectivity index (χ0n) is 12.6. The maximum absolute atomic E-state index is 12.4. The van der Waals surface area contributed by atoms with E-state index in [2.05, 4.69) is 15.4 Å². The van der Waals surface area contributed by atoms with Crippen LogP contribution in [0.15, 0.2) is 54.6 Å². The molecule has 1 N–H and O–H groups in total. The van der Waals surface area contributed by atoms with Crippen molar-refractivity contribution in [3.05, 3.63) is 71.4 Å². The summed E-state index contributed by atoms with van der Waals surface area (Å²) in [6.07, 6.45) is -0.227. The minimum Gasteiger partial charge on any atom is -0.294 e. The summed E-state index contributed by atoms with van der Waals surface area (Å²) < 4.78 is 0. The van der Waals surface area contributed by atoms with Gasteiger partial charge in [0.1, 0.15) is 5.69 Å². The van der Waals surface area contributed by atoms with Crippen LogP contribution < -0.4 is 0 Å². The van der Waals surface area contributed by atoms with E-state index in [-0.39, 0.29) is 23.7 Å². The minimum absolute atomic E-state index is 0.191. The van der Waals surface area contributed by atoms with Crippen molar-refractivity contribution in [3.63, 3.8) is 0 Å². The number of carbonyl (C=O) groups excluding carboxylic acids is 2. The number of benzene rings is 2. The van der Waals surface area contributed by atoms with Crippen LogP contribution in [0.3, 0.4) is 0 Å². The van der Waals surface area contributed by atoms with Gasteiger partial charge in [-0.05, 0) is 6.92 Å². The van der Waals surface area contributed by atoms with E-state index in [9.17, 15) is 9.59 Å². The predicted octanol–water partition coefficient (Wildman–Crippen LogP) is 3.24. The first-order valence-corrected chi connectivity index (χ1v) is 7.24. The molecule has 0 bridgehead atoms. The van der Waals surface area contributed by atoms with Crippen LogP contribution in [0.25, 0.3) is 11.3 Å². The summed E-state index contributed by atoms with van der Waals surface area (Å²) in [6.45, 7) is 1.95. The van der Waals surface area contributed by atoms with Gasteiger partial charge in [-0.1, -0.05) is 60.2 Å². The molecular weight excluding hydrogens is 290 g/mol. The van der Waals surface area contributed by atoms with Crippen molar-refractivity contribution in [2.45, 2.75) is 13.3 Å². The van der Waals surface area contributed by atoms with Crippen LogP contribution in [0.5, 0.6) is 0 Å². The summed E-state index contributed by atoms with van der Waals surface area (Å²) in [6, 6.07) is 16.4. The van der Waals surface area contributed by atoms with Gasteiger partial charge in [0.2, 0.25) is 0 Å². The summed E-state index contributed by atoms with van der Waals surface area (Å²) in [5, 5.41) is 10.4. The molecule has 0 amide bonds. The Kier molecular flexibility index (Phi) is 4.10. The summed E-state index contributed by atoms with van der Waals surface area (Å²) in [4.78, 5) is 24.6. The molecular formula is C18H15N3O2. The summed E-state index contributed by atoms with van der Waals surface area (Å²) in [5.74, 6) is -0.569. The highest BCUT2D eigenvalue weighted by molar-refractivity contribution is 6.14. The van der Waals surface area contributed by atoms with E-state index in [1.165, 1.54) is 0 Å². The highest BCUT2D eigenvalue weighted by Crippen LogP contribution is 2.20. The van der Waals surface area contributed by atoms with Gasteiger partial charge in [0.05, 0.1) is 6.42 Å². The Labute approximate surface area is 133 Å². The third kappa shape index (κ3) is 3.23. The van der Waals surface area contributed by atoms with E-state index in [1.807, 2.05) is 49.4 Å². The third-order valence-corrected chi connectivity index (χ3v) is 3.55. The molecule has 114 valence electrons. The van der Waals surface area contributed by atoms with E-state index in [0.717, 1.165) is 11.1 Å². The number of nitrogens with zero attached hydrogens (tertiary/aromatic N) is 2. The van der Waals surface area contributed by atoms with Crippen LogP contribution >= 0.6 is 0 Å². The van der Waals surface area contributed by atoms with Gasteiger partial charge < -0.3 is 0 Å². The number of hydrogen-bond donors (Lipinski definition) is 1. The second kappa shape index (κ2) is 6.36. The van der Waals surface area contributed by atoms with Crippen LogP contribution in [-0.2, 0) is 0 Å². The van der Waals surface area contributed by atoms with Crippen molar-refractivity contribution in [1.29, 1.82) is 0 Å². The molecule has 2 aromatic carbocycles. The zero-order chi connectivity index (χ0) is 16.2. The summed E-state index contributed by atoms with van der Waals surface area (Å²) in [7, 11) is 0. The van der Waals surface area contributed by atoms with Crippen LogP contribution in [0.1, 0.15) is 32.8 Å². The van der Waals surface area contributed by atoms with Gasteiger partial charge in [-0.15, -0.1) is 0 Å². The normalized spacial score (nSPS) is 10.5. The third-order valence-electron chi connectivity index (χ3n) is 3.55. The highest BCUT2D eigenvalue weighted by Gasteiger charge is 2.21. The van der Waals surface area contributed by atoms with Gasteiger partial charge in [0, 0.05) is 11.1 Å². The van der Waals surface area contributed by atoms with Crippen molar-refractivity contribution in [2.75, 3.05) is 0 Å². The van der Waals surface area contributed by atoms with Crippen molar-refractivity contribution in [2.24, 2.45) is 0 Å². The second-order valence-corrected chi connectivity index (χ2v) is 5.28.